The van der Waals surface area contributed by atoms with Crippen LogP contribution in [0.25, 0.3) is 0 Å². The highest BCUT2D eigenvalue weighted by Crippen LogP contribution is 2.47. The normalized spacial score (nSPS) is 35.9. The van der Waals surface area contributed by atoms with Gasteiger partial charge in [0.1, 0.15) is 6.29 Å². The van der Waals surface area contributed by atoms with Crippen LogP contribution in [0.4, 0.5) is 0 Å². The number of ether oxygens (including phenoxy) is 3. The second-order valence-corrected chi connectivity index (χ2v) is 18.4. The van der Waals surface area contributed by atoms with Gasteiger partial charge in [0.15, 0.2) is 14.1 Å². The molecule has 2 aliphatic heterocycles. The van der Waals surface area contributed by atoms with E-state index in [0.717, 1.165) is 51.4 Å². The number of rotatable bonds is 9. The van der Waals surface area contributed by atoms with Crippen molar-refractivity contribution in [2.45, 2.75) is 154 Å². The molecule has 0 N–H and O–H groups in total. The molecule has 7 atom stereocenters. The summed E-state index contributed by atoms with van der Waals surface area (Å²) in [5.41, 5.74) is 0. The molecule has 0 aromatic rings. The molecule has 5 nitrogen and oxygen atoms in total. The molecule has 1 unspecified atom stereocenters. The molecule has 0 aromatic heterocycles. The highest BCUT2D eigenvalue weighted by Gasteiger charge is 2.50. The summed E-state index contributed by atoms with van der Waals surface area (Å²) < 4.78 is 26.6. The Bertz CT molecular complexity index is 674. The molecule has 1 aliphatic carbocycles. The summed E-state index contributed by atoms with van der Waals surface area (Å²) in [4.78, 5) is 11.4. The zero-order chi connectivity index (χ0) is 25.9. The molecule has 35 heavy (non-hydrogen) atoms. The van der Waals surface area contributed by atoms with Crippen LogP contribution in [0.5, 0.6) is 0 Å². The maximum Gasteiger partial charge on any atom is 0.192 e. The third-order valence-electron chi connectivity index (χ3n) is 9.24. The van der Waals surface area contributed by atoms with E-state index in [4.69, 9.17) is 18.6 Å². The van der Waals surface area contributed by atoms with Crippen molar-refractivity contribution in [1.29, 1.82) is 0 Å². The van der Waals surface area contributed by atoms with E-state index >= 15 is 0 Å². The van der Waals surface area contributed by atoms with Gasteiger partial charge >= 0.3 is 0 Å². The zero-order valence-electron chi connectivity index (χ0n) is 23.9. The van der Waals surface area contributed by atoms with Gasteiger partial charge in [0.25, 0.3) is 0 Å². The van der Waals surface area contributed by atoms with Gasteiger partial charge in [-0.2, -0.15) is 0 Å². The number of carbonyl (C=O) groups excluding carboxylic acids is 1. The molecule has 3 aliphatic rings. The van der Waals surface area contributed by atoms with Crippen molar-refractivity contribution in [3.63, 3.8) is 0 Å². The molecule has 3 rings (SSSR count). The molecular formula is C29H54O5Si. The topological polar surface area (TPSA) is 54.0 Å². The minimum atomic E-state index is -1.93. The first kappa shape index (κ1) is 29.3. The Morgan fingerprint density at radius 2 is 1.77 bits per heavy atom. The summed E-state index contributed by atoms with van der Waals surface area (Å²) in [5, 5.41) is 0.130. The number of hydrogen-bond donors (Lipinski definition) is 0. The molecular weight excluding hydrogens is 456 g/mol. The summed E-state index contributed by atoms with van der Waals surface area (Å²) in [5.74, 6) is 1.27. The second-order valence-electron chi connectivity index (χ2n) is 13.6. The Morgan fingerprint density at radius 3 is 2.43 bits per heavy atom. The van der Waals surface area contributed by atoms with Gasteiger partial charge in [-0.3, -0.25) is 0 Å². The van der Waals surface area contributed by atoms with E-state index in [1.165, 1.54) is 19.3 Å². The minimum absolute atomic E-state index is 0.0460. The first-order chi connectivity index (χ1) is 16.3. The van der Waals surface area contributed by atoms with Crippen LogP contribution in [-0.4, -0.2) is 51.4 Å². The van der Waals surface area contributed by atoms with Crippen LogP contribution in [-0.2, 0) is 23.4 Å². The van der Waals surface area contributed by atoms with Crippen molar-refractivity contribution in [3.05, 3.63) is 0 Å². The van der Waals surface area contributed by atoms with Crippen molar-refractivity contribution in [2.24, 2.45) is 17.8 Å². The molecule has 0 amide bonds. The standard InChI is InChI=1S/C29H54O5Si/c1-21(2)27-13-12-22(3)20-29(27)31-17-15-25(33-29)18-23-10-9-11-24(32-23)19-26(14-16-30)34-35(7,8)28(4,5)6/h16,21-27H,9-15,17-20H2,1-8H3/t22-,23-,24+,25+,26+,27+,29?/m1/s1. The highest BCUT2D eigenvalue weighted by atomic mass is 28.4. The van der Waals surface area contributed by atoms with Gasteiger partial charge in [-0.1, -0.05) is 48.0 Å². The lowest BCUT2D eigenvalue weighted by atomic mass is 9.72. The Balaban J connectivity index is 1.59. The fraction of sp³-hybridized carbons (Fsp3) is 0.966. The van der Waals surface area contributed by atoms with Gasteiger partial charge in [0.2, 0.25) is 0 Å². The smallest absolute Gasteiger partial charge is 0.192 e. The van der Waals surface area contributed by atoms with E-state index in [-0.39, 0.29) is 29.5 Å². The Kier molecular flexibility index (Phi) is 10.1. The Hall–Kier alpha value is -0.273. The fourth-order valence-corrected chi connectivity index (χ4v) is 7.66. The van der Waals surface area contributed by atoms with Crippen molar-refractivity contribution in [2.75, 3.05) is 6.61 Å². The molecule has 0 radical (unpaired) electrons. The average Bonchev–Trinajstić information content (AvgIpc) is 2.73. The van der Waals surface area contributed by atoms with E-state index in [0.29, 0.717) is 24.2 Å². The third-order valence-corrected chi connectivity index (χ3v) is 13.8. The minimum Gasteiger partial charge on any atom is -0.413 e. The average molecular weight is 511 g/mol. The van der Waals surface area contributed by atoms with Crippen LogP contribution >= 0.6 is 0 Å². The molecule has 0 aromatic carbocycles. The van der Waals surface area contributed by atoms with Gasteiger partial charge in [-0.15, -0.1) is 0 Å². The first-order valence-electron chi connectivity index (χ1n) is 14.4. The highest BCUT2D eigenvalue weighted by molar-refractivity contribution is 6.74. The van der Waals surface area contributed by atoms with Crippen LogP contribution in [0, 0.1) is 17.8 Å². The number of aldehydes is 1. The summed E-state index contributed by atoms with van der Waals surface area (Å²) in [6, 6.07) is 0. The number of hydrogen-bond acceptors (Lipinski definition) is 5. The van der Waals surface area contributed by atoms with E-state index in [2.05, 4.69) is 54.6 Å². The Morgan fingerprint density at radius 1 is 1.06 bits per heavy atom. The van der Waals surface area contributed by atoms with Crippen molar-refractivity contribution >= 4 is 14.6 Å². The van der Waals surface area contributed by atoms with Crippen LogP contribution < -0.4 is 0 Å². The van der Waals surface area contributed by atoms with Gasteiger partial charge in [-0.05, 0) is 74.9 Å². The predicted octanol–water partition coefficient (Wildman–Crippen LogP) is 7.28. The van der Waals surface area contributed by atoms with Gasteiger partial charge in [0.05, 0.1) is 31.0 Å². The van der Waals surface area contributed by atoms with Gasteiger partial charge < -0.3 is 23.4 Å². The SMILES string of the molecule is CC(C)[C@@H]1CC[C@@H](C)CC12OCC[C@@H](C[C@H]1CCC[C@@H](C[C@H](CC=O)O[Si](C)(C)C(C)(C)C)O1)O2. The maximum absolute atomic E-state index is 11.4. The lowest BCUT2D eigenvalue weighted by molar-refractivity contribution is -0.342. The van der Waals surface area contributed by atoms with E-state index < -0.39 is 14.1 Å². The predicted molar refractivity (Wildman–Crippen MR) is 144 cm³/mol. The quantitative estimate of drug-likeness (QED) is 0.241. The second kappa shape index (κ2) is 12.1. The van der Waals surface area contributed by atoms with E-state index in [1.807, 2.05) is 0 Å². The van der Waals surface area contributed by atoms with Crippen molar-refractivity contribution in [3.8, 4) is 0 Å². The summed E-state index contributed by atoms with van der Waals surface area (Å²) >= 11 is 0. The van der Waals surface area contributed by atoms with Crippen LogP contribution in [0.2, 0.25) is 18.1 Å². The maximum atomic E-state index is 11.4. The van der Waals surface area contributed by atoms with Gasteiger partial charge in [-0.25, -0.2) is 0 Å². The van der Waals surface area contributed by atoms with Crippen LogP contribution in [0.15, 0.2) is 0 Å². The fourth-order valence-electron chi connectivity index (χ4n) is 6.28. The number of carbonyl (C=O) groups is 1. The molecule has 1 spiro atoms. The summed E-state index contributed by atoms with van der Waals surface area (Å²) in [7, 11) is -1.93. The van der Waals surface area contributed by atoms with Crippen LogP contribution in [0.1, 0.15) is 106 Å². The molecule has 6 heteroatoms. The lowest BCUT2D eigenvalue weighted by Gasteiger charge is -2.51. The summed E-state index contributed by atoms with van der Waals surface area (Å²) in [6.07, 6.45) is 11.5. The lowest BCUT2D eigenvalue weighted by Crippen LogP contribution is -2.55. The Labute approximate surface area is 216 Å². The van der Waals surface area contributed by atoms with E-state index in [9.17, 15) is 4.79 Å². The molecule has 3 fully saturated rings. The van der Waals surface area contributed by atoms with Crippen molar-refractivity contribution < 1.29 is 23.4 Å². The van der Waals surface area contributed by atoms with E-state index in [1.54, 1.807) is 0 Å². The monoisotopic (exact) mass is 510 g/mol. The van der Waals surface area contributed by atoms with Crippen molar-refractivity contribution in [1.82, 2.24) is 0 Å². The molecule has 1 saturated carbocycles. The first-order valence-corrected chi connectivity index (χ1v) is 17.3. The van der Waals surface area contributed by atoms with Crippen LogP contribution in [0.3, 0.4) is 0 Å². The molecule has 2 saturated heterocycles. The molecule has 204 valence electrons. The zero-order valence-corrected chi connectivity index (χ0v) is 24.9. The summed E-state index contributed by atoms with van der Waals surface area (Å²) in [6.45, 7) is 19.0. The van der Waals surface area contributed by atoms with Gasteiger partial charge in [0, 0.05) is 18.8 Å². The molecule has 0 bridgehead atoms. The molecule has 2 heterocycles. The third kappa shape index (κ3) is 7.62. The largest absolute Gasteiger partial charge is 0.413 e.